The number of rotatable bonds is 4. The molecular weight excluding hydrogens is 344 g/mol. The van der Waals surface area contributed by atoms with E-state index in [4.69, 9.17) is 4.74 Å². The molecule has 3 aromatic carbocycles. The minimum atomic E-state index is -0.313. The number of ether oxygens (including phenoxy) is 1. The first-order valence-corrected chi connectivity index (χ1v) is 9.70. The quantitative estimate of drug-likeness (QED) is 0.403. The summed E-state index contributed by atoms with van der Waals surface area (Å²) < 4.78 is 4.92. The minimum Gasteiger partial charge on any atom is -0.463 e. The Kier molecular flexibility index (Phi) is 4.64. The van der Waals surface area contributed by atoms with Crippen LogP contribution in [-0.2, 0) is 14.9 Å². The number of esters is 1. The maximum atomic E-state index is 11.5. The Morgan fingerprint density at radius 3 is 2.32 bits per heavy atom. The summed E-state index contributed by atoms with van der Waals surface area (Å²) in [6.45, 7) is 6.78. The van der Waals surface area contributed by atoms with Gasteiger partial charge in [0, 0.05) is 11.5 Å². The van der Waals surface area contributed by atoms with E-state index >= 15 is 0 Å². The third-order valence-electron chi connectivity index (χ3n) is 5.53. The molecule has 2 nitrogen and oxygen atoms in total. The molecule has 4 rings (SSSR count). The molecule has 0 fully saturated rings. The third-order valence-corrected chi connectivity index (χ3v) is 5.53. The Labute approximate surface area is 166 Å². The Balaban J connectivity index is 1.64. The molecule has 0 atom stereocenters. The van der Waals surface area contributed by atoms with Gasteiger partial charge in [0.1, 0.15) is 0 Å². The van der Waals surface area contributed by atoms with Gasteiger partial charge in [-0.2, -0.15) is 0 Å². The van der Waals surface area contributed by atoms with E-state index < -0.39 is 0 Å². The maximum absolute atomic E-state index is 11.5. The molecule has 0 N–H and O–H groups in total. The molecule has 2 heteroatoms. The van der Waals surface area contributed by atoms with Crippen LogP contribution in [0.15, 0.2) is 72.8 Å². The topological polar surface area (TPSA) is 26.3 Å². The number of carbonyl (C=O) groups excluding carboxylic acids is 1. The number of fused-ring (bicyclic) bond motifs is 3. The number of carbonyl (C=O) groups is 1. The molecule has 0 bridgehead atoms. The van der Waals surface area contributed by atoms with Crippen molar-refractivity contribution in [3.63, 3.8) is 0 Å². The molecule has 140 valence electrons. The lowest BCUT2D eigenvalue weighted by Gasteiger charge is -2.22. The van der Waals surface area contributed by atoms with Crippen molar-refractivity contribution in [2.45, 2.75) is 26.2 Å². The first-order chi connectivity index (χ1) is 13.5. The van der Waals surface area contributed by atoms with Gasteiger partial charge < -0.3 is 4.74 Å². The van der Waals surface area contributed by atoms with Crippen LogP contribution in [0.2, 0.25) is 0 Å². The summed E-state index contributed by atoms with van der Waals surface area (Å²) in [5.41, 5.74) is 8.80. The zero-order chi connectivity index (χ0) is 19.7. The lowest BCUT2D eigenvalue weighted by molar-refractivity contribution is -0.137. The summed E-state index contributed by atoms with van der Waals surface area (Å²) >= 11 is 0. The van der Waals surface area contributed by atoms with Crippen molar-refractivity contribution < 1.29 is 9.53 Å². The van der Waals surface area contributed by atoms with Gasteiger partial charge >= 0.3 is 5.97 Å². The van der Waals surface area contributed by atoms with Crippen LogP contribution in [0.25, 0.3) is 28.3 Å². The van der Waals surface area contributed by atoms with E-state index in [-0.39, 0.29) is 11.4 Å². The first-order valence-electron chi connectivity index (χ1n) is 9.70. The largest absolute Gasteiger partial charge is 0.463 e. The van der Waals surface area contributed by atoms with E-state index in [2.05, 4.69) is 68.4 Å². The molecule has 28 heavy (non-hydrogen) atoms. The Morgan fingerprint density at radius 1 is 0.893 bits per heavy atom. The summed E-state index contributed by atoms with van der Waals surface area (Å²) in [5, 5.41) is 0. The van der Waals surface area contributed by atoms with Gasteiger partial charge in [0.05, 0.1) is 6.61 Å². The second-order valence-electron chi connectivity index (χ2n) is 7.64. The average molecular weight is 368 g/mol. The Bertz CT molecular complexity index is 1060. The minimum absolute atomic E-state index is 0.00422. The fourth-order valence-corrected chi connectivity index (χ4v) is 4.03. The van der Waals surface area contributed by atoms with Crippen LogP contribution in [0, 0.1) is 0 Å². The van der Waals surface area contributed by atoms with Crippen molar-refractivity contribution >= 4 is 12.0 Å². The lowest BCUT2D eigenvalue weighted by atomic mass is 9.81. The molecule has 1 aliphatic carbocycles. The van der Waals surface area contributed by atoms with Crippen molar-refractivity contribution in [2.75, 3.05) is 6.61 Å². The second-order valence-corrected chi connectivity index (χ2v) is 7.64. The third kappa shape index (κ3) is 3.16. The molecular formula is C26H24O2. The fraction of sp³-hybridized carbons (Fsp3) is 0.192. The maximum Gasteiger partial charge on any atom is 0.330 e. The predicted molar refractivity (Wildman–Crippen MR) is 115 cm³/mol. The standard InChI is InChI=1S/C26H24O2/c1-4-28-25(27)16-11-18-9-12-19(13-10-18)20-14-15-22-21-7-5-6-8-23(21)26(2,3)24(22)17-20/h5-17H,4H2,1-3H3/b16-11+. The smallest absolute Gasteiger partial charge is 0.330 e. The number of hydrogen-bond acceptors (Lipinski definition) is 2. The summed E-state index contributed by atoms with van der Waals surface area (Å²) in [7, 11) is 0. The van der Waals surface area contributed by atoms with Gasteiger partial charge in [-0.25, -0.2) is 4.79 Å². The van der Waals surface area contributed by atoms with Crippen molar-refractivity contribution in [3.8, 4) is 22.3 Å². The summed E-state index contributed by atoms with van der Waals surface area (Å²) in [4.78, 5) is 11.5. The highest BCUT2D eigenvalue weighted by atomic mass is 16.5. The van der Waals surface area contributed by atoms with E-state index in [1.165, 1.54) is 39.5 Å². The molecule has 0 saturated carbocycles. The zero-order valence-electron chi connectivity index (χ0n) is 16.5. The zero-order valence-corrected chi connectivity index (χ0v) is 16.5. The summed E-state index contributed by atoms with van der Waals surface area (Å²) in [5.74, 6) is -0.313. The van der Waals surface area contributed by atoms with Crippen LogP contribution in [0.4, 0.5) is 0 Å². The van der Waals surface area contributed by atoms with Gasteiger partial charge in [-0.15, -0.1) is 0 Å². The molecule has 0 unspecified atom stereocenters. The molecule has 0 saturated heterocycles. The highest BCUT2D eigenvalue weighted by Gasteiger charge is 2.35. The highest BCUT2D eigenvalue weighted by molar-refractivity contribution is 5.87. The molecule has 0 aliphatic heterocycles. The molecule has 0 heterocycles. The molecule has 3 aromatic rings. The van der Waals surface area contributed by atoms with Crippen molar-refractivity contribution in [2.24, 2.45) is 0 Å². The monoisotopic (exact) mass is 368 g/mol. The second kappa shape index (κ2) is 7.12. The molecule has 0 amide bonds. The van der Waals surface area contributed by atoms with Gasteiger partial charge in [0.25, 0.3) is 0 Å². The lowest BCUT2D eigenvalue weighted by Crippen LogP contribution is -2.14. The SMILES string of the molecule is CCOC(=O)/C=C/c1ccc(-c2ccc3c(c2)C(C)(C)c2ccccc2-3)cc1. The molecule has 0 aromatic heterocycles. The van der Waals surface area contributed by atoms with E-state index in [0.717, 1.165) is 5.56 Å². The van der Waals surface area contributed by atoms with Crippen LogP contribution in [-0.4, -0.2) is 12.6 Å². The first kappa shape index (κ1) is 18.2. The van der Waals surface area contributed by atoms with Crippen LogP contribution in [0.5, 0.6) is 0 Å². The molecule has 0 spiro atoms. The summed E-state index contributed by atoms with van der Waals surface area (Å²) in [6.07, 6.45) is 3.25. The van der Waals surface area contributed by atoms with Gasteiger partial charge in [-0.3, -0.25) is 0 Å². The normalized spacial score (nSPS) is 14.0. The van der Waals surface area contributed by atoms with Crippen LogP contribution < -0.4 is 0 Å². The summed E-state index contributed by atoms with van der Waals surface area (Å²) in [6, 6.07) is 23.7. The molecule has 1 aliphatic rings. The van der Waals surface area contributed by atoms with Crippen LogP contribution >= 0.6 is 0 Å². The highest BCUT2D eigenvalue weighted by Crippen LogP contribution is 2.49. The van der Waals surface area contributed by atoms with Crippen LogP contribution in [0.3, 0.4) is 0 Å². The van der Waals surface area contributed by atoms with Gasteiger partial charge in [-0.05, 0) is 58.0 Å². The van der Waals surface area contributed by atoms with Crippen molar-refractivity contribution in [3.05, 3.63) is 89.5 Å². The fourth-order valence-electron chi connectivity index (χ4n) is 4.03. The van der Waals surface area contributed by atoms with E-state index in [9.17, 15) is 4.79 Å². The van der Waals surface area contributed by atoms with E-state index in [1.54, 1.807) is 13.0 Å². The van der Waals surface area contributed by atoms with Gasteiger partial charge in [-0.1, -0.05) is 74.5 Å². The Hall–Kier alpha value is -3.13. The van der Waals surface area contributed by atoms with E-state index in [0.29, 0.717) is 6.61 Å². The molecule has 0 radical (unpaired) electrons. The van der Waals surface area contributed by atoms with Crippen LogP contribution in [0.1, 0.15) is 37.5 Å². The Morgan fingerprint density at radius 2 is 1.57 bits per heavy atom. The van der Waals surface area contributed by atoms with Gasteiger partial charge in [0.15, 0.2) is 0 Å². The number of benzene rings is 3. The van der Waals surface area contributed by atoms with Crippen molar-refractivity contribution in [1.82, 2.24) is 0 Å². The predicted octanol–water partition coefficient (Wildman–Crippen LogP) is 6.24. The van der Waals surface area contributed by atoms with E-state index in [1.807, 2.05) is 12.1 Å². The number of hydrogen-bond donors (Lipinski definition) is 0. The van der Waals surface area contributed by atoms with Gasteiger partial charge in [0.2, 0.25) is 0 Å². The van der Waals surface area contributed by atoms with Crippen molar-refractivity contribution in [1.29, 1.82) is 0 Å². The average Bonchev–Trinajstić information content (AvgIpc) is 2.94.